The number of carbonyl (C=O) groups excluding carboxylic acids is 1. The summed E-state index contributed by atoms with van der Waals surface area (Å²) in [5.74, 6) is 7.89. The van der Waals surface area contributed by atoms with Gasteiger partial charge in [-0.3, -0.25) is 9.80 Å². The predicted molar refractivity (Wildman–Crippen MR) is 143 cm³/mol. The fraction of sp³-hybridized carbons (Fsp3) is 0.500. The summed E-state index contributed by atoms with van der Waals surface area (Å²) < 4.78 is 2.78. The van der Waals surface area contributed by atoms with E-state index in [4.69, 9.17) is 28.2 Å². The molecule has 3 aromatic rings. The molecule has 0 aromatic carbocycles. The van der Waals surface area contributed by atoms with E-state index in [1.807, 2.05) is 6.07 Å². The first kappa shape index (κ1) is 26.3. The molecule has 6 N–H and O–H groups in total. The van der Waals surface area contributed by atoms with Crippen molar-refractivity contribution in [2.75, 3.05) is 5.01 Å². The van der Waals surface area contributed by atoms with Crippen LogP contribution in [0.1, 0.15) is 68.1 Å². The van der Waals surface area contributed by atoms with Crippen molar-refractivity contribution < 1.29 is 9.90 Å². The van der Waals surface area contributed by atoms with E-state index in [0.29, 0.717) is 21.1 Å². The fourth-order valence-electron chi connectivity index (χ4n) is 4.57. The van der Waals surface area contributed by atoms with Crippen molar-refractivity contribution in [1.82, 2.24) is 24.8 Å². The Morgan fingerprint density at radius 1 is 1.36 bits per heavy atom. The number of hydrazine groups is 1. The second-order valence-corrected chi connectivity index (χ2v) is 11.4. The topological polar surface area (TPSA) is 148 Å². The first-order valence-corrected chi connectivity index (χ1v) is 13.3. The molecule has 3 atom stereocenters. The van der Waals surface area contributed by atoms with Crippen molar-refractivity contribution in [1.29, 1.82) is 0 Å². The normalized spacial score (nSPS) is 19.6. The molecule has 1 saturated carbocycles. The van der Waals surface area contributed by atoms with Gasteiger partial charge < -0.3 is 20.7 Å². The second-order valence-electron chi connectivity index (χ2n) is 9.70. The molecule has 3 aromatic heterocycles. The van der Waals surface area contributed by atoms with Gasteiger partial charge in [0.1, 0.15) is 21.5 Å². The maximum atomic E-state index is 12.7. The zero-order chi connectivity index (χ0) is 26.0. The summed E-state index contributed by atoms with van der Waals surface area (Å²) in [7, 11) is 0. The lowest BCUT2D eigenvalue weighted by molar-refractivity contribution is 0.0920. The SMILES string of the molecule is CC(C)Cc1nc2cnc(N(N)/C=C(\N)C(C)O)cc2n1C1CCCC(NC(=O)c2ncc(Cl)s2)C1. The summed E-state index contributed by atoms with van der Waals surface area (Å²) in [4.78, 5) is 26.2. The van der Waals surface area contributed by atoms with E-state index in [1.54, 1.807) is 13.1 Å². The first-order chi connectivity index (χ1) is 17.1. The van der Waals surface area contributed by atoms with Crippen LogP contribution in [-0.2, 0) is 6.42 Å². The Morgan fingerprint density at radius 3 is 2.81 bits per heavy atom. The number of halogens is 1. The number of nitrogens with zero attached hydrogens (tertiary/aromatic N) is 5. The molecule has 36 heavy (non-hydrogen) atoms. The number of hydrogen-bond donors (Lipinski definition) is 4. The molecule has 0 saturated heterocycles. The summed E-state index contributed by atoms with van der Waals surface area (Å²) in [5.41, 5.74) is 7.83. The predicted octanol–water partition coefficient (Wildman–Crippen LogP) is 3.51. The number of thiazole rings is 1. The van der Waals surface area contributed by atoms with Crippen molar-refractivity contribution in [3.63, 3.8) is 0 Å². The van der Waals surface area contributed by atoms with Crippen LogP contribution in [-0.4, -0.2) is 42.7 Å². The lowest BCUT2D eigenvalue weighted by atomic mass is 9.90. The quantitative estimate of drug-likeness (QED) is 0.254. The molecule has 0 aliphatic heterocycles. The van der Waals surface area contributed by atoms with E-state index < -0.39 is 6.10 Å². The van der Waals surface area contributed by atoms with Crippen molar-refractivity contribution in [3.8, 4) is 0 Å². The van der Waals surface area contributed by atoms with Crippen LogP contribution < -0.4 is 21.9 Å². The molecule has 3 heterocycles. The van der Waals surface area contributed by atoms with E-state index >= 15 is 0 Å². The van der Waals surface area contributed by atoms with E-state index in [9.17, 15) is 9.90 Å². The average molecular weight is 533 g/mol. The second kappa shape index (κ2) is 11.1. The van der Waals surface area contributed by atoms with Crippen LogP contribution in [0, 0.1) is 5.92 Å². The maximum Gasteiger partial charge on any atom is 0.280 e. The molecule has 0 bridgehead atoms. The number of aromatic nitrogens is 4. The molecular weight excluding hydrogens is 500 g/mol. The third-order valence-electron chi connectivity index (χ3n) is 6.28. The highest BCUT2D eigenvalue weighted by Crippen LogP contribution is 2.34. The number of rotatable bonds is 8. The molecule has 194 valence electrons. The van der Waals surface area contributed by atoms with Crippen LogP contribution in [0.3, 0.4) is 0 Å². The van der Waals surface area contributed by atoms with Gasteiger partial charge in [-0.05, 0) is 38.5 Å². The van der Waals surface area contributed by atoms with Gasteiger partial charge in [0.2, 0.25) is 0 Å². The van der Waals surface area contributed by atoms with Gasteiger partial charge in [0, 0.05) is 30.8 Å². The van der Waals surface area contributed by atoms with Gasteiger partial charge >= 0.3 is 0 Å². The van der Waals surface area contributed by atoms with Gasteiger partial charge in [-0.15, -0.1) is 0 Å². The number of pyridine rings is 1. The zero-order valence-corrected chi connectivity index (χ0v) is 22.3. The number of anilines is 1. The molecule has 1 aliphatic rings. The summed E-state index contributed by atoms with van der Waals surface area (Å²) >= 11 is 7.13. The Morgan fingerprint density at radius 2 is 2.14 bits per heavy atom. The van der Waals surface area contributed by atoms with Crippen LogP contribution >= 0.6 is 22.9 Å². The number of aliphatic hydroxyl groups excluding tert-OH is 1. The highest BCUT2D eigenvalue weighted by atomic mass is 35.5. The molecule has 3 unspecified atom stereocenters. The van der Waals surface area contributed by atoms with E-state index in [-0.39, 0.29) is 23.7 Å². The molecule has 4 rings (SSSR count). The van der Waals surface area contributed by atoms with E-state index in [2.05, 4.69) is 33.7 Å². The minimum atomic E-state index is -0.822. The molecule has 1 fully saturated rings. The maximum absolute atomic E-state index is 12.7. The van der Waals surface area contributed by atoms with Crippen molar-refractivity contribution >= 4 is 45.7 Å². The molecule has 12 heteroatoms. The minimum Gasteiger partial charge on any atom is -0.399 e. The van der Waals surface area contributed by atoms with Gasteiger partial charge in [-0.1, -0.05) is 36.8 Å². The van der Waals surface area contributed by atoms with Crippen LogP contribution in [0.15, 0.2) is 30.4 Å². The Balaban J connectivity index is 1.64. The molecule has 0 spiro atoms. The number of carbonyl (C=O) groups is 1. The summed E-state index contributed by atoms with van der Waals surface area (Å²) in [6.45, 7) is 5.91. The number of nitrogens with one attached hydrogen (secondary N) is 1. The van der Waals surface area contributed by atoms with Crippen LogP contribution in [0.4, 0.5) is 5.82 Å². The zero-order valence-electron chi connectivity index (χ0n) is 20.7. The lowest BCUT2D eigenvalue weighted by Crippen LogP contribution is -2.39. The highest BCUT2D eigenvalue weighted by Gasteiger charge is 2.29. The van der Waals surface area contributed by atoms with Gasteiger partial charge in [0.15, 0.2) is 5.01 Å². The van der Waals surface area contributed by atoms with Gasteiger partial charge in [-0.25, -0.2) is 20.8 Å². The van der Waals surface area contributed by atoms with Gasteiger partial charge in [0.05, 0.1) is 29.7 Å². The molecule has 0 radical (unpaired) electrons. The van der Waals surface area contributed by atoms with Gasteiger partial charge in [-0.2, -0.15) is 0 Å². The number of fused-ring (bicyclic) bond motifs is 1. The first-order valence-electron chi connectivity index (χ1n) is 12.1. The highest BCUT2D eigenvalue weighted by molar-refractivity contribution is 7.17. The Bertz CT molecular complexity index is 1250. The minimum absolute atomic E-state index is 0.0179. The van der Waals surface area contributed by atoms with Crippen LogP contribution in [0.25, 0.3) is 11.0 Å². The average Bonchev–Trinajstić information content (AvgIpc) is 3.41. The number of aliphatic hydroxyl groups is 1. The molecule has 1 amide bonds. The number of nitrogens with two attached hydrogens (primary N) is 2. The van der Waals surface area contributed by atoms with Gasteiger partial charge in [0.25, 0.3) is 5.91 Å². The third kappa shape index (κ3) is 5.97. The van der Waals surface area contributed by atoms with Crippen LogP contribution in [0.2, 0.25) is 4.34 Å². The third-order valence-corrected chi connectivity index (χ3v) is 7.39. The fourth-order valence-corrected chi connectivity index (χ4v) is 5.38. The monoisotopic (exact) mass is 532 g/mol. The number of amides is 1. The molecule has 10 nitrogen and oxygen atoms in total. The van der Waals surface area contributed by atoms with E-state index in [0.717, 1.165) is 49.0 Å². The Labute approximate surface area is 219 Å². The summed E-state index contributed by atoms with van der Waals surface area (Å²) in [5, 5.41) is 14.5. The number of imidazole rings is 1. The standard InChI is InChI=1S/C24H33ClN8O2S/c1-13(2)7-22-31-18-10-28-21(32(27)12-17(26)14(3)34)9-19(18)33(22)16-6-4-5-15(8-16)30-23(35)24-29-11-20(25)36-24/h9-16,34H,4-8,26-27H2,1-3H3,(H,30,35)/b17-12-. The van der Waals surface area contributed by atoms with Crippen molar-refractivity contribution in [2.45, 2.75) is 71.1 Å². The number of hydrogen-bond acceptors (Lipinski definition) is 9. The lowest BCUT2D eigenvalue weighted by Gasteiger charge is -2.32. The summed E-state index contributed by atoms with van der Waals surface area (Å²) in [6.07, 6.45) is 8.30. The molecule has 1 aliphatic carbocycles. The van der Waals surface area contributed by atoms with E-state index in [1.165, 1.54) is 28.7 Å². The summed E-state index contributed by atoms with van der Waals surface area (Å²) in [6, 6.07) is 2.07. The smallest absolute Gasteiger partial charge is 0.280 e. The largest absolute Gasteiger partial charge is 0.399 e. The van der Waals surface area contributed by atoms with Crippen molar-refractivity contribution in [2.24, 2.45) is 17.5 Å². The van der Waals surface area contributed by atoms with Crippen LogP contribution in [0.5, 0.6) is 0 Å². The van der Waals surface area contributed by atoms with Crippen molar-refractivity contribution in [3.05, 3.63) is 45.5 Å². The Kier molecular flexibility index (Phi) is 8.13. The molecular formula is C24H33ClN8O2S. The Hall–Kier alpha value is -2.73.